The van der Waals surface area contributed by atoms with Gasteiger partial charge in [-0.25, -0.2) is 0 Å². The Hall–Kier alpha value is -0.240. The first kappa shape index (κ1) is 12.8. The van der Waals surface area contributed by atoms with Crippen molar-refractivity contribution >= 4 is 17.0 Å². The lowest BCUT2D eigenvalue weighted by atomic mass is 10.1. The van der Waals surface area contributed by atoms with Crippen LogP contribution >= 0.6 is 17.0 Å². The van der Waals surface area contributed by atoms with Gasteiger partial charge in [-0.2, -0.15) is 0 Å². The minimum absolute atomic E-state index is 0. The molecule has 0 radical (unpaired) electrons. The molecule has 0 unspecified atom stereocenters. The van der Waals surface area contributed by atoms with Crippen molar-refractivity contribution < 1.29 is 0 Å². The number of allylic oxidation sites excluding steroid dienone is 2. The van der Waals surface area contributed by atoms with Crippen LogP contribution in [0.5, 0.6) is 0 Å². The average molecular weight is 246 g/mol. The highest BCUT2D eigenvalue weighted by atomic mass is 79.9. The van der Waals surface area contributed by atoms with Gasteiger partial charge in [-0.15, -0.1) is 17.0 Å². The van der Waals surface area contributed by atoms with Crippen LogP contribution in [0, 0.1) is 0 Å². The summed E-state index contributed by atoms with van der Waals surface area (Å²) in [6, 6.07) is 0. The van der Waals surface area contributed by atoms with Crippen LogP contribution in [-0.2, 0) is 0 Å². The van der Waals surface area contributed by atoms with Crippen molar-refractivity contribution in [1.29, 1.82) is 0 Å². The van der Waals surface area contributed by atoms with Gasteiger partial charge in [0.05, 0.1) is 0 Å². The predicted octanol–water partition coefficient (Wildman–Crippen LogP) is 3.53. The second kappa shape index (κ2) is 7.19. The maximum absolute atomic E-state index is 2.41. The van der Waals surface area contributed by atoms with E-state index in [4.69, 9.17) is 0 Å². The fourth-order valence-electron chi connectivity index (χ4n) is 1.41. The van der Waals surface area contributed by atoms with Crippen molar-refractivity contribution in [3.63, 3.8) is 0 Å². The zero-order valence-electron chi connectivity index (χ0n) is 8.62. The Labute approximate surface area is 92.3 Å². The second-order valence-electron chi connectivity index (χ2n) is 3.34. The summed E-state index contributed by atoms with van der Waals surface area (Å²) in [5.74, 6) is 0. The van der Waals surface area contributed by atoms with E-state index in [9.17, 15) is 0 Å². The molecule has 1 nitrogen and oxygen atoms in total. The first-order valence-electron chi connectivity index (χ1n) is 4.97. The fraction of sp³-hybridized carbons (Fsp3) is 0.636. The summed E-state index contributed by atoms with van der Waals surface area (Å²) in [7, 11) is 0. The first-order valence-corrected chi connectivity index (χ1v) is 4.97. The van der Waals surface area contributed by atoms with E-state index >= 15 is 0 Å². The van der Waals surface area contributed by atoms with Crippen LogP contribution in [0.15, 0.2) is 23.9 Å². The Balaban J connectivity index is 0.00000144. The van der Waals surface area contributed by atoms with E-state index in [2.05, 4.69) is 37.1 Å². The summed E-state index contributed by atoms with van der Waals surface area (Å²) in [4.78, 5) is 2.41. The van der Waals surface area contributed by atoms with Gasteiger partial charge in [0.15, 0.2) is 0 Å². The molecule has 76 valence electrons. The number of unbranched alkanes of at least 4 members (excludes halogenated alkanes) is 1. The molecule has 1 aliphatic rings. The molecule has 0 atom stereocenters. The van der Waals surface area contributed by atoms with Crippen LogP contribution < -0.4 is 0 Å². The van der Waals surface area contributed by atoms with Gasteiger partial charge >= 0.3 is 0 Å². The van der Waals surface area contributed by atoms with E-state index in [-0.39, 0.29) is 17.0 Å². The van der Waals surface area contributed by atoms with Crippen LogP contribution in [0.4, 0.5) is 0 Å². The number of halogens is 1. The number of rotatable bonds is 4. The molecule has 13 heavy (non-hydrogen) atoms. The lowest BCUT2D eigenvalue weighted by Gasteiger charge is -2.23. The van der Waals surface area contributed by atoms with Gasteiger partial charge < -0.3 is 4.90 Å². The van der Waals surface area contributed by atoms with Crippen molar-refractivity contribution in [1.82, 2.24) is 4.90 Å². The molecule has 0 saturated heterocycles. The Morgan fingerprint density at radius 3 is 2.77 bits per heavy atom. The van der Waals surface area contributed by atoms with Crippen molar-refractivity contribution in [2.24, 2.45) is 0 Å². The normalized spacial score (nSPS) is 15.2. The maximum Gasteiger partial charge on any atom is 0.0386 e. The van der Waals surface area contributed by atoms with Gasteiger partial charge in [0.2, 0.25) is 0 Å². The second-order valence-corrected chi connectivity index (χ2v) is 3.34. The monoisotopic (exact) mass is 245 g/mol. The summed E-state index contributed by atoms with van der Waals surface area (Å²) < 4.78 is 0. The lowest BCUT2D eigenvalue weighted by Crippen LogP contribution is -2.22. The van der Waals surface area contributed by atoms with Crippen LogP contribution in [0.1, 0.15) is 33.1 Å². The van der Waals surface area contributed by atoms with Crippen LogP contribution in [0.3, 0.4) is 0 Å². The van der Waals surface area contributed by atoms with Gasteiger partial charge in [0.1, 0.15) is 0 Å². The Bertz CT molecular complexity index is 185. The molecule has 0 fully saturated rings. The van der Waals surface area contributed by atoms with E-state index in [1.807, 2.05) is 0 Å². The molecule has 0 aromatic heterocycles. The van der Waals surface area contributed by atoms with E-state index in [0.29, 0.717) is 0 Å². The summed E-state index contributed by atoms with van der Waals surface area (Å²) in [5, 5.41) is 0. The molecule has 2 heteroatoms. The summed E-state index contributed by atoms with van der Waals surface area (Å²) in [6.07, 6.45) is 10.4. The van der Waals surface area contributed by atoms with Gasteiger partial charge in [0.25, 0.3) is 0 Å². The molecule has 0 aliphatic carbocycles. The van der Waals surface area contributed by atoms with E-state index in [1.165, 1.54) is 25.8 Å². The molecule has 0 aromatic rings. The highest BCUT2D eigenvalue weighted by Crippen LogP contribution is 2.10. The van der Waals surface area contributed by atoms with E-state index in [1.54, 1.807) is 5.57 Å². The fourth-order valence-corrected chi connectivity index (χ4v) is 1.41. The third kappa shape index (κ3) is 4.51. The van der Waals surface area contributed by atoms with Crippen molar-refractivity contribution in [2.75, 3.05) is 13.1 Å². The largest absolute Gasteiger partial charge is 0.373 e. The Kier molecular flexibility index (Phi) is 7.06. The van der Waals surface area contributed by atoms with Crippen molar-refractivity contribution in [2.45, 2.75) is 33.1 Å². The highest BCUT2D eigenvalue weighted by molar-refractivity contribution is 8.93. The smallest absolute Gasteiger partial charge is 0.0386 e. The van der Waals surface area contributed by atoms with Crippen molar-refractivity contribution in [3.8, 4) is 0 Å². The van der Waals surface area contributed by atoms with E-state index in [0.717, 1.165) is 6.54 Å². The van der Waals surface area contributed by atoms with Gasteiger partial charge in [-0.05, 0) is 25.1 Å². The highest BCUT2D eigenvalue weighted by Gasteiger charge is 2.04. The zero-order chi connectivity index (χ0) is 8.81. The minimum atomic E-state index is 0. The van der Waals surface area contributed by atoms with Crippen LogP contribution in [-0.4, -0.2) is 18.0 Å². The predicted molar refractivity (Wildman–Crippen MR) is 64.3 cm³/mol. The quantitative estimate of drug-likeness (QED) is 0.733. The topological polar surface area (TPSA) is 3.24 Å². The lowest BCUT2D eigenvalue weighted by molar-refractivity contribution is 0.388. The van der Waals surface area contributed by atoms with E-state index < -0.39 is 0 Å². The van der Waals surface area contributed by atoms with Crippen LogP contribution in [0.2, 0.25) is 0 Å². The van der Waals surface area contributed by atoms with Gasteiger partial charge in [0, 0.05) is 13.1 Å². The molecule has 0 N–H and O–H groups in total. The van der Waals surface area contributed by atoms with Gasteiger partial charge in [-0.1, -0.05) is 31.9 Å². The number of hydrogen-bond acceptors (Lipinski definition) is 1. The molecule has 0 amide bonds. The third-order valence-corrected chi connectivity index (χ3v) is 2.29. The molecule has 1 heterocycles. The average Bonchev–Trinajstić information content (AvgIpc) is 2.15. The molecular weight excluding hydrogens is 226 g/mol. The summed E-state index contributed by atoms with van der Waals surface area (Å²) in [5.41, 5.74) is 1.55. The Morgan fingerprint density at radius 1 is 1.38 bits per heavy atom. The number of hydrogen-bond donors (Lipinski definition) is 0. The van der Waals surface area contributed by atoms with Crippen molar-refractivity contribution in [3.05, 3.63) is 23.9 Å². The molecule has 0 aromatic carbocycles. The van der Waals surface area contributed by atoms with Crippen LogP contribution in [0.25, 0.3) is 0 Å². The molecule has 0 saturated carbocycles. The zero-order valence-corrected chi connectivity index (χ0v) is 10.3. The first-order chi connectivity index (χ1) is 5.86. The summed E-state index contributed by atoms with van der Waals surface area (Å²) >= 11 is 0. The SMILES string of the molecule is Br.CCCCN1C=CC=C(CC)C1. The molecule has 1 rings (SSSR count). The molecule has 0 bridgehead atoms. The molecular formula is C11H20BrN. The third-order valence-electron chi connectivity index (χ3n) is 2.29. The standard InChI is InChI=1S/C11H19N.BrH/c1-3-5-8-12-9-6-7-11(4-2)10-12;/h6-7,9H,3-5,8,10H2,1-2H3;1H. The molecule has 1 aliphatic heterocycles. The maximum atomic E-state index is 2.41. The Morgan fingerprint density at radius 2 is 2.15 bits per heavy atom. The van der Waals surface area contributed by atoms with Gasteiger partial charge in [-0.3, -0.25) is 0 Å². The molecule has 0 spiro atoms. The summed E-state index contributed by atoms with van der Waals surface area (Å²) in [6.45, 7) is 6.82. The number of nitrogens with zero attached hydrogens (tertiary/aromatic N) is 1. The minimum Gasteiger partial charge on any atom is -0.373 e.